The third-order valence-corrected chi connectivity index (χ3v) is 3.44. The molecule has 0 unspecified atom stereocenters. The molecule has 2 N–H and O–H groups in total. The summed E-state index contributed by atoms with van der Waals surface area (Å²) in [6, 6.07) is 14.2. The number of carbonyl (C=O) groups excluding carboxylic acids is 1. The number of halogens is 1. The van der Waals surface area contributed by atoms with Crippen LogP contribution in [0.15, 0.2) is 58.1 Å². The van der Waals surface area contributed by atoms with Gasteiger partial charge in [-0.2, -0.15) is 5.10 Å². The average Bonchev–Trinajstić information content (AvgIpc) is 2.48. The highest BCUT2D eigenvalue weighted by Crippen LogP contribution is 2.11. The van der Waals surface area contributed by atoms with Crippen molar-refractivity contribution < 1.29 is 9.90 Å². The molecule has 1 amide bonds. The monoisotopic (exact) mass is 346 g/mol. The first-order chi connectivity index (χ1) is 10.0. The van der Waals surface area contributed by atoms with Gasteiger partial charge in [-0.15, -0.1) is 0 Å². The molecule has 4 nitrogen and oxygen atoms in total. The number of phenols is 1. The van der Waals surface area contributed by atoms with Crippen molar-refractivity contribution >= 4 is 27.5 Å². The van der Waals surface area contributed by atoms with Crippen LogP contribution in [0.1, 0.15) is 18.1 Å². The molecule has 0 aliphatic rings. The molecule has 2 rings (SSSR count). The maximum Gasteiger partial charge on any atom is 0.244 e. The minimum atomic E-state index is -0.171. The molecule has 0 bridgehead atoms. The van der Waals surface area contributed by atoms with E-state index in [0.29, 0.717) is 5.71 Å². The quantitative estimate of drug-likeness (QED) is 0.659. The van der Waals surface area contributed by atoms with Gasteiger partial charge in [0.25, 0.3) is 0 Å². The Morgan fingerprint density at radius 2 is 1.76 bits per heavy atom. The molecule has 0 fully saturated rings. The van der Waals surface area contributed by atoms with Crippen molar-refractivity contribution in [2.24, 2.45) is 5.10 Å². The van der Waals surface area contributed by atoms with Crippen molar-refractivity contribution in [3.8, 4) is 5.75 Å². The summed E-state index contributed by atoms with van der Waals surface area (Å²) in [5.74, 6) is 0.0290. The van der Waals surface area contributed by atoms with Crippen LogP contribution < -0.4 is 5.43 Å². The van der Waals surface area contributed by atoms with Crippen LogP contribution in [0.2, 0.25) is 0 Å². The van der Waals surface area contributed by atoms with Crippen LogP contribution in [-0.2, 0) is 11.2 Å². The Bertz CT molecular complexity index is 649. The van der Waals surface area contributed by atoms with Gasteiger partial charge in [-0.3, -0.25) is 4.79 Å². The lowest BCUT2D eigenvalue weighted by atomic mass is 10.1. The van der Waals surface area contributed by atoms with Gasteiger partial charge in [0.1, 0.15) is 5.75 Å². The summed E-state index contributed by atoms with van der Waals surface area (Å²) in [7, 11) is 0. The molecule has 0 saturated carbocycles. The van der Waals surface area contributed by atoms with Gasteiger partial charge in [-0.1, -0.05) is 28.1 Å². The van der Waals surface area contributed by atoms with Crippen molar-refractivity contribution in [3.63, 3.8) is 0 Å². The van der Waals surface area contributed by atoms with Gasteiger partial charge >= 0.3 is 0 Å². The minimum Gasteiger partial charge on any atom is -0.508 e. The predicted octanol–water partition coefficient (Wildman–Crippen LogP) is 3.24. The summed E-state index contributed by atoms with van der Waals surface area (Å²) in [6.07, 6.45) is 0.277. The van der Waals surface area contributed by atoms with E-state index in [1.54, 1.807) is 31.2 Å². The van der Waals surface area contributed by atoms with Gasteiger partial charge in [0.2, 0.25) is 5.91 Å². The normalized spacial score (nSPS) is 11.2. The number of amides is 1. The minimum absolute atomic E-state index is 0.171. The fourth-order valence-electron chi connectivity index (χ4n) is 1.74. The summed E-state index contributed by atoms with van der Waals surface area (Å²) < 4.78 is 0.979. The van der Waals surface area contributed by atoms with Gasteiger partial charge < -0.3 is 5.11 Å². The highest BCUT2D eigenvalue weighted by Gasteiger charge is 2.03. The zero-order valence-electron chi connectivity index (χ0n) is 11.5. The van der Waals surface area contributed by atoms with E-state index in [9.17, 15) is 9.90 Å². The highest BCUT2D eigenvalue weighted by atomic mass is 79.9. The standard InChI is InChI=1S/C16H15BrN2O2/c1-11(13-4-8-15(20)9-5-13)18-19-16(21)10-12-2-6-14(17)7-3-12/h2-9,20H,10H2,1H3,(H,19,21)/b18-11+. The summed E-state index contributed by atoms with van der Waals surface area (Å²) >= 11 is 3.35. The van der Waals surface area contributed by atoms with Gasteiger partial charge in [0.05, 0.1) is 12.1 Å². The number of benzene rings is 2. The maximum absolute atomic E-state index is 11.8. The smallest absolute Gasteiger partial charge is 0.244 e. The summed E-state index contributed by atoms with van der Waals surface area (Å²) in [5, 5.41) is 13.3. The molecule has 2 aromatic rings. The Balaban J connectivity index is 1.94. The third-order valence-electron chi connectivity index (χ3n) is 2.91. The molecule has 0 heterocycles. The first kappa shape index (κ1) is 15.3. The second-order valence-corrected chi connectivity index (χ2v) is 5.50. The van der Waals surface area contributed by atoms with E-state index in [1.165, 1.54) is 0 Å². The number of nitrogens with one attached hydrogen (secondary N) is 1. The second-order valence-electron chi connectivity index (χ2n) is 4.58. The molecule has 0 aliphatic carbocycles. The molecular formula is C16H15BrN2O2. The summed E-state index contributed by atoms with van der Waals surface area (Å²) in [4.78, 5) is 11.8. The lowest BCUT2D eigenvalue weighted by Crippen LogP contribution is -2.21. The fraction of sp³-hybridized carbons (Fsp3) is 0.125. The van der Waals surface area contributed by atoms with Crippen molar-refractivity contribution in [1.29, 1.82) is 0 Å². The topological polar surface area (TPSA) is 61.7 Å². The first-order valence-electron chi connectivity index (χ1n) is 6.41. The van der Waals surface area contributed by atoms with E-state index < -0.39 is 0 Å². The number of carbonyl (C=O) groups is 1. The van der Waals surface area contributed by atoms with Crippen molar-refractivity contribution in [1.82, 2.24) is 5.43 Å². The fourth-order valence-corrected chi connectivity index (χ4v) is 2.00. The first-order valence-corrected chi connectivity index (χ1v) is 7.21. The average molecular weight is 347 g/mol. The Morgan fingerprint density at radius 3 is 2.38 bits per heavy atom. The zero-order valence-corrected chi connectivity index (χ0v) is 13.1. The van der Waals surface area contributed by atoms with Crippen LogP contribution in [0.4, 0.5) is 0 Å². The van der Waals surface area contributed by atoms with Crippen molar-refractivity contribution in [2.45, 2.75) is 13.3 Å². The van der Waals surface area contributed by atoms with Gasteiger partial charge in [0.15, 0.2) is 0 Å². The van der Waals surface area contributed by atoms with E-state index in [-0.39, 0.29) is 18.1 Å². The molecule has 0 saturated heterocycles. The molecule has 0 radical (unpaired) electrons. The van der Waals surface area contributed by atoms with Crippen LogP contribution in [-0.4, -0.2) is 16.7 Å². The molecule has 0 spiro atoms. The zero-order chi connectivity index (χ0) is 15.2. The summed E-state index contributed by atoms with van der Waals surface area (Å²) in [6.45, 7) is 1.80. The SMILES string of the molecule is C/C(=N\NC(=O)Cc1ccc(Br)cc1)c1ccc(O)cc1. The van der Waals surface area contributed by atoms with E-state index in [0.717, 1.165) is 15.6 Å². The Morgan fingerprint density at radius 1 is 1.14 bits per heavy atom. The number of rotatable bonds is 4. The molecule has 2 aromatic carbocycles. The van der Waals surface area contributed by atoms with Gasteiger partial charge in [-0.05, 0) is 54.4 Å². The lowest BCUT2D eigenvalue weighted by Gasteiger charge is -2.04. The Kier molecular flexibility index (Phi) is 5.11. The van der Waals surface area contributed by atoms with E-state index in [4.69, 9.17) is 0 Å². The van der Waals surface area contributed by atoms with Gasteiger partial charge in [-0.25, -0.2) is 5.43 Å². The highest BCUT2D eigenvalue weighted by molar-refractivity contribution is 9.10. The number of hydrogen-bond donors (Lipinski definition) is 2. The van der Waals surface area contributed by atoms with Crippen LogP contribution in [0.5, 0.6) is 5.75 Å². The van der Waals surface area contributed by atoms with E-state index in [2.05, 4.69) is 26.5 Å². The Labute approximate surface area is 131 Å². The van der Waals surface area contributed by atoms with Gasteiger partial charge in [0, 0.05) is 4.47 Å². The molecule has 0 aromatic heterocycles. The van der Waals surface area contributed by atoms with Crippen molar-refractivity contribution in [3.05, 3.63) is 64.1 Å². The van der Waals surface area contributed by atoms with Crippen LogP contribution in [0.3, 0.4) is 0 Å². The molecule has 21 heavy (non-hydrogen) atoms. The maximum atomic E-state index is 11.8. The molecule has 0 aliphatic heterocycles. The molecule has 108 valence electrons. The number of phenolic OH excluding ortho intramolecular Hbond substituents is 1. The third kappa shape index (κ3) is 4.72. The molecule has 5 heteroatoms. The number of hydrazone groups is 1. The van der Waals surface area contributed by atoms with Crippen LogP contribution >= 0.6 is 15.9 Å². The van der Waals surface area contributed by atoms with Crippen LogP contribution in [0, 0.1) is 0 Å². The van der Waals surface area contributed by atoms with E-state index in [1.807, 2.05) is 24.3 Å². The van der Waals surface area contributed by atoms with Crippen LogP contribution in [0.25, 0.3) is 0 Å². The Hall–Kier alpha value is -2.14. The molecule has 0 atom stereocenters. The van der Waals surface area contributed by atoms with E-state index >= 15 is 0 Å². The summed E-state index contributed by atoms with van der Waals surface area (Å²) in [5.41, 5.74) is 4.98. The number of hydrogen-bond acceptors (Lipinski definition) is 3. The predicted molar refractivity (Wildman–Crippen MR) is 86.3 cm³/mol. The lowest BCUT2D eigenvalue weighted by molar-refractivity contribution is -0.120. The largest absolute Gasteiger partial charge is 0.508 e. The molecular weight excluding hydrogens is 332 g/mol. The second kappa shape index (κ2) is 7.04. The number of aromatic hydroxyl groups is 1. The number of nitrogens with zero attached hydrogens (tertiary/aromatic N) is 1. The van der Waals surface area contributed by atoms with Crippen molar-refractivity contribution in [2.75, 3.05) is 0 Å².